The third kappa shape index (κ3) is 5.55. The molecule has 12 heteroatoms. The van der Waals surface area contributed by atoms with Crippen LogP contribution in [0.5, 0.6) is 0 Å². The number of anilines is 3. The van der Waals surface area contributed by atoms with Crippen LogP contribution in [0.3, 0.4) is 0 Å². The number of hydrogen-bond acceptors (Lipinski definition) is 11. The number of furan rings is 1. The number of carbonyl (C=O) groups is 1. The Morgan fingerprint density at radius 3 is 2.60 bits per heavy atom. The Bertz CT molecular complexity index is 1170. The number of carboxylic acid groups (broad SMARTS) is 1. The summed E-state index contributed by atoms with van der Waals surface area (Å²) in [5, 5.41) is 13.4. The first kappa shape index (κ1) is 22.7. The van der Waals surface area contributed by atoms with Crippen molar-refractivity contribution >= 4 is 30.0 Å². The van der Waals surface area contributed by atoms with Gasteiger partial charge in [0.2, 0.25) is 17.8 Å². The van der Waals surface area contributed by atoms with E-state index in [1.54, 1.807) is 30.3 Å². The van der Waals surface area contributed by atoms with E-state index in [0.29, 0.717) is 68.0 Å². The largest absolute Gasteiger partial charge is 0.478 e. The number of morpholine rings is 1. The highest BCUT2D eigenvalue weighted by Crippen LogP contribution is 2.23. The Labute approximate surface area is 201 Å². The quantitative estimate of drug-likeness (QED) is 0.381. The van der Waals surface area contributed by atoms with Crippen molar-refractivity contribution in [2.45, 2.75) is 6.42 Å². The molecule has 2 N–H and O–H groups in total. The van der Waals surface area contributed by atoms with Gasteiger partial charge in [-0.3, -0.25) is 0 Å². The minimum atomic E-state index is -0.992. The lowest BCUT2D eigenvalue weighted by Gasteiger charge is -2.30. The summed E-state index contributed by atoms with van der Waals surface area (Å²) >= 11 is 0. The van der Waals surface area contributed by atoms with E-state index < -0.39 is 5.97 Å². The Morgan fingerprint density at radius 2 is 1.83 bits per heavy atom. The molecule has 2 aliphatic rings. The number of hydrazone groups is 1. The van der Waals surface area contributed by atoms with Gasteiger partial charge in [0.05, 0.1) is 31.6 Å². The number of hydrogen-bond donors (Lipinski definition) is 2. The van der Waals surface area contributed by atoms with Crippen molar-refractivity contribution < 1.29 is 23.8 Å². The van der Waals surface area contributed by atoms with Gasteiger partial charge in [0, 0.05) is 25.2 Å². The highest BCUT2D eigenvalue weighted by molar-refractivity contribution is 5.89. The molecule has 182 valence electrons. The van der Waals surface area contributed by atoms with Gasteiger partial charge in [-0.1, -0.05) is 12.1 Å². The fourth-order valence-corrected chi connectivity index (χ4v) is 3.74. The summed E-state index contributed by atoms with van der Waals surface area (Å²) in [5.41, 5.74) is 3.73. The highest BCUT2D eigenvalue weighted by atomic mass is 16.5. The van der Waals surface area contributed by atoms with E-state index in [9.17, 15) is 9.90 Å². The van der Waals surface area contributed by atoms with Crippen LogP contribution in [0.2, 0.25) is 0 Å². The van der Waals surface area contributed by atoms with E-state index >= 15 is 0 Å². The summed E-state index contributed by atoms with van der Waals surface area (Å²) in [6.07, 6.45) is 2.40. The number of ether oxygens (including phenoxy) is 2. The maximum Gasteiger partial charge on any atom is 0.335 e. The standard InChI is InChI=1S/C23H25N7O5/c31-20(32)17-4-1-3-16(13-17)19-6-5-18(35-19)14-24-28-21-25-22(29-8-11-33-12-9-29)27-23(26-21)30-7-2-10-34-15-30/h1,3-6,13-14H,2,7-12,15H2,(H,31,32)(H,25,26,27,28)/b24-14-. The van der Waals surface area contributed by atoms with Crippen LogP contribution in [-0.4, -0.2) is 78.4 Å². The molecule has 3 aromatic rings. The monoisotopic (exact) mass is 479 g/mol. The van der Waals surface area contributed by atoms with E-state index in [-0.39, 0.29) is 5.56 Å². The topological polar surface area (TPSA) is 138 Å². The Balaban J connectivity index is 1.32. The van der Waals surface area contributed by atoms with Gasteiger partial charge >= 0.3 is 5.97 Å². The molecule has 2 saturated heterocycles. The summed E-state index contributed by atoms with van der Waals surface area (Å²) < 4.78 is 16.8. The van der Waals surface area contributed by atoms with Gasteiger partial charge in [-0.05, 0) is 30.7 Å². The predicted octanol–water partition coefficient (Wildman–Crippen LogP) is 2.30. The first-order valence-electron chi connectivity index (χ1n) is 11.3. The predicted molar refractivity (Wildman–Crippen MR) is 128 cm³/mol. The first-order chi connectivity index (χ1) is 17.2. The van der Waals surface area contributed by atoms with Crippen LogP contribution in [0.1, 0.15) is 22.5 Å². The van der Waals surface area contributed by atoms with Gasteiger partial charge in [-0.25, -0.2) is 10.2 Å². The van der Waals surface area contributed by atoms with Crippen molar-refractivity contribution in [2.75, 3.05) is 61.4 Å². The molecule has 5 rings (SSSR count). The SMILES string of the molecule is O=C(O)c1cccc(-c2ccc(/C=N\Nc3nc(N4CCOCC4)nc(N4CCCOC4)n3)o2)c1. The number of rotatable bonds is 7. The van der Waals surface area contributed by atoms with Crippen molar-refractivity contribution in [3.63, 3.8) is 0 Å². The molecule has 0 aliphatic carbocycles. The minimum absolute atomic E-state index is 0.191. The van der Waals surface area contributed by atoms with E-state index in [2.05, 4.69) is 30.4 Å². The number of nitrogens with zero attached hydrogens (tertiary/aromatic N) is 6. The summed E-state index contributed by atoms with van der Waals surface area (Å²) in [7, 11) is 0. The molecule has 0 atom stereocenters. The molecule has 0 unspecified atom stereocenters. The third-order valence-corrected chi connectivity index (χ3v) is 5.53. The van der Waals surface area contributed by atoms with E-state index in [4.69, 9.17) is 13.9 Å². The second kappa shape index (κ2) is 10.5. The van der Waals surface area contributed by atoms with Crippen LogP contribution in [0.25, 0.3) is 11.3 Å². The summed E-state index contributed by atoms with van der Waals surface area (Å²) in [4.78, 5) is 28.9. The molecule has 0 bridgehead atoms. The maximum absolute atomic E-state index is 11.2. The summed E-state index contributed by atoms with van der Waals surface area (Å²) in [6, 6.07) is 10.1. The van der Waals surface area contributed by atoms with Crippen LogP contribution in [0.4, 0.5) is 17.8 Å². The van der Waals surface area contributed by atoms with Crippen LogP contribution in [-0.2, 0) is 9.47 Å². The van der Waals surface area contributed by atoms with Crippen LogP contribution < -0.4 is 15.2 Å². The number of benzene rings is 1. The number of aromatic nitrogens is 3. The Hall–Kier alpha value is -4.03. The average molecular weight is 479 g/mol. The molecule has 35 heavy (non-hydrogen) atoms. The summed E-state index contributed by atoms with van der Waals surface area (Å²) in [5.74, 6) is 1.42. The van der Waals surface area contributed by atoms with Crippen LogP contribution >= 0.6 is 0 Å². The lowest BCUT2D eigenvalue weighted by Crippen LogP contribution is -2.39. The zero-order valence-corrected chi connectivity index (χ0v) is 19.0. The molecular weight excluding hydrogens is 454 g/mol. The molecule has 0 spiro atoms. The molecule has 12 nitrogen and oxygen atoms in total. The molecular formula is C23H25N7O5. The highest BCUT2D eigenvalue weighted by Gasteiger charge is 2.20. The van der Waals surface area contributed by atoms with Crippen molar-refractivity contribution in [2.24, 2.45) is 5.10 Å². The van der Waals surface area contributed by atoms with E-state index in [1.807, 2.05) is 4.90 Å². The third-order valence-electron chi connectivity index (χ3n) is 5.53. The molecule has 2 fully saturated rings. The average Bonchev–Trinajstić information content (AvgIpc) is 3.39. The summed E-state index contributed by atoms with van der Waals surface area (Å²) in [6.45, 7) is 4.57. The maximum atomic E-state index is 11.2. The van der Waals surface area contributed by atoms with Gasteiger partial charge in [-0.2, -0.15) is 20.1 Å². The molecule has 0 saturated carbocycles. The Kier molecular flexibility index (Phi) is 6.82. The van der Waals surface area contributed by atoms with Gasteiger partial charge in [0.15, 0.2) is 0 Å². The van der Waals surface area contributed by atoms with Crippen molar-refractivity contribution in [1.82, 2.24) is 15.0 Å². The molecule has 0 amide bonds. The molecule has 1 aromatic carbocycles. The fourth-order valence-electron chi connectivity index (χ4n) is 3.74. The molecule has 2 aromatic heterocycles. The van der Waals surface area contributed by atoms with Gasteiger partial charge in [-0.15, -0.1) is 0 Å². The fraction of sp³-hybridized carbons (Fsp3) is 0.348. The second-order valence-corrected chi connectivity index (χ2v) is 7.97. The normalized spacial score (nSPS) is 16.6. The van der Waals surface area contributed by atoms with Gasteiger partial charge in [0.1, 0.15) is 18.3 Å². The van der Waals surface area contributed by atoms with Crippen molar-refractivity contribution in [3.05, 3.63) is 47.7 Å². The zero-order valence-electron chi connectivity index (χ0n) is 19.0. The van der Waals surface area contributed by atoms with E-state index in [1.165, 1.54) is 12.3 Å². The minimum Gasteiger partial charge on any atom is -0.478 e. The smallest absolute Gasteiger partial charge is 0.335 e. The number of aromatic carboxylic acids is 1. The lowest BCUT2D eigenvalue weighted by atomic mass is 10.1. The second-order valence-electron chi connectivity index (χ2n) is 7.97. The molecule has 4 heterocycles. The van der Waals surface area contributed by atoms with Crippen LogP contribution in [0, 0.1) is 0 Å². The van der Waals surface area contributed by atoms with E-state index in [0.717, 1.165) is 19.6 Å². The number of nitrogens with one attached hydrogen (secondary N) is 1. The van der Waals surface area contributed by atoms with Gasteiger partial charge in [0.25, 0.3) is 0 Å². The van der Waals surface area contributed by atoms with Gasteiger partial charge < -0.3 is 28.8 Å². The molecule has 0 radical (unpaired) electrons. The number of carboxylic acids is 1. The van der Waals surface area contributed by atoms with Crippen molar-refractivity contribution in [3.8, 4) is 11.3 Å². The van der Waals surface area contributed by atoms with Crippen LogP contribution in [0.15, 0.2) is 45.9 Å². The zero-order chi connectivity index (χ0) is 24.0. The van der Waals surface area contributed by atoms with Crippen molar-refractivity contribution in [1.29, 1.82) is 0 Å². The Morgan fingerprint density at radius 1 is 1.00 bits per heavy atom. The molecule has 2 aliphatic heterocycles. The lowest BCUT2D eigenvalue weighted by molar-refractivity contribution is 0.0697. The first-order valence-corrected chi connectivity index (χ1v) is 11.3.